The lowest BCUT2D eigenvalue weighted by Gasteiger charge is -2.10. The Kier molecular flexibility index (Phi) is 3.85. The summed E-state index contributed by atoms with van der Waals surface area (Å²) in [6.07, 6.45) is 0. The van der Waals surface area contributed by atoms with Gasteiger partial charge in [0.05, 0.1) is 4.92 Å². The molecule has 0 saturated heterocycles. The Hall–Kier alpha value is -2.42. The predicted octanol–water partition coefficient (Wildman–Crippen LogP) is 2.62. The monoisotopic (exact) mass is 312 g/mol. The van der Waals surface area contributed by atoms with E-state index in [-0.39, 0.29) is 11.3 Å². The van der Waals surface area contributed by atoms with Crippen molar-refractivity contribution in [2.75, 3.05) is 0 Å². The van der Waals surface area contributed by atoms with E-state index in [1.807, 2.05) is 0 Å². The van der Waals surface area contributed by atoms with Crippen molar-refractivity contribution in [1.82, 2.24) is 0 Å². The summed E-state index contributed by atoms with van der Waals surface area (Å²) >= 11 is 0. The number of nitro groups is 1. The topological polar surface area (TPSA) is 115 Å². The molecule has 0 fully saturated rings. The molecule has 8 nitrogen and oxygen atoms in total. The van der Waals surface area contributed by atoms with E-state index in [9.17, 15) is 31.7 Å². The molecule has 0 N–H and O–H groups in total. The third-order valence-corrected chi connectivity index (χ3v) is 2.98. The zero-order valence-electron chi connectivity index (χ0n) is 9.58. The Morgan fingerprint density at radius 3 is 2.35 bits per heavy atom. The van der Waals surface area contributed by atoms with Crippen molar-refractivity contribution >= 4 is 21.5 Å². The second-order valence-electron chi connectivity index (χ2n) is 3.45. The molecule has 12 heteroatoms. The number of hydrogen-bond acceptors (Lipinski definition) is 6. The van der Waals surface area contributed by atoms with Gasteiger partial charge in [-0.3, -0.25) is 10.1 Å². The molecule has 0 radical (unpaired) electrons. The number of benzene rings is 1. The van der Waals surface area contributed by atoms with Crippen LogP contribution < -0.4 is 4.18 Å². The van der Waals surface area contributed by atoms with Gasteiger partial charge >= 0.3 is 27.0 Å². The number of diazo groups is 1. The minimum Gasteiger partial charge on any atom is -0.368 e. The highest BCUT2D eigenvalue weighted by Gasteiger charge is 2.49. The zero-order valence-corrected chi connectivity index (χ0v) is 10.4. The van der Waals surface area contributed by atoms with Gasteiger partial charge in [0.25, 0.3) is 0 Å². The summed E-state index contributed by atoms with van der Waals surface area (Å²) in [5, 5.41) is 19.2. The first-order valence-corrected chi connectivity index (χ1v) is 6.05. The molecule has 0 unspecified atom stereocenters. The first kappa shape index (κ1) is 15.6. The van der Waals surface area contributed by atoms with Crippen LogP contribution in [0.5, 0.6) is 5.75 Å². The van der Waals surface area contributed by atoms with Crippen molar-refractivity contribution in [3.8, 4) is 5.75 Å². The van der Waals surface area contributed by atoms with Crippen molar-refractivity contribution in [3.63, 3.8) is 0 Å². The molecule has 0 spiro atoms. The summed E-state index contributed by atoms with van der Waals surface area (Å²) in [5.41, 5.74) is -7.47. The van der Waals surface area contributed by atoms with E-state index in [1.165, 1.54) is 0 Å². The van der Waals surface area contributed by atoms with Gasteiger partial charge in [-0.05, 0) is 6.92 Å². The highest BCUT2D eigenvalue weighted by molar-refractivity contribution is 7.88. The second kappa shape index (κ2) is 4.93. The van der Waals surface area contributed by atoms with E-state index in [0.29, 0.717) is 6.07 Å². The third-order valence-electron chi connectivity index (χ3n) is 2.03. The van der Waals surface area contributed by atoms with Crippen LogP contribution in [-0.4, -0.2) is 18.8 Å². The summed E-state index contributed by atoms with van der Waals surface area (Å²) in [6, 6.07) is 1.47. The first-order valence-electron chi connectivity index (χ1n) is 4.64. The van der Waals surface area contributed by atoms with Gasteiger partial charge in [0.15, 0.2) is 4.98 Å². The molecule has 0 aliphatic carbocycles. The standard InChI is InChI=1S/C8H5F3N3O5S/c1-4-2-5(13-12)3-6(14(15)16)7(4)19-20(17,18)8(9,10)11/h2-3H,1H3/q+1. The lowest BCUT2D eigenvalue weighted by molar-refractivity contribution is -0.385. The van der Waals surface area contributed by atoms with Crippen molar-refractivity contribution < 1.29 is 30.7 Å². The number of aryl methyl sites for hydroxylation is 1. The number of hydrogen-bond donors (Lipinski definition) is 0. The van der Waals surface area contributed by atoms with Crippen LogP contribution in [0, 0.1) is 22.4 Å². The molecule has 0 bridgehead atoms. The first-order chi connectivity index (χ1) is 8.99. The number of alkyl halides is 3. The van der Waals surface area contributed by atoms with Crippen LogP contribution in [0.25, 0.3) is 4.98 Å². The molecule has 20 heavy (non-hydrogen) atoms. The lowest BCUT2D eigenvalue weighted by atomic mass is 10.2. The SMILES string of the molecule is Cc1cc([N+]#N)cc([N+](=O)[O-])c1OS(=O)(=O)C(F)(F)F. The van der Waals surface area contributed by atoms with E-state index in [4.69, 9.17) is 5.39 Å². The number of rotatable bonds is 3. The second-order valence-corrected chi connectivity index (χ2v) is 4.99. The molecule has 0 aliphatic heterocycles. The minimum atomic E-state index is -6.05. The highest BCUT2D eigenvalue weighted by atomic mass is 32.2. The molecule has 0 atom stereocenters. The largest absolute Gasteiger partial charge is 0.534 e. The van der Waals surface area contributed by atoms with Crippen molar-refractivity contribution in [2.24, 2.45) is 0 Å². The van der Waals surface area contributed by atoms with E-state index >= 15 is 0 Å². The van der Waals surface area contributed by atoms with Crippen molar-refractivity contribution in [2.45, 2.75) is 12.4 Å². The van der Waals surface area contributed by atoms with Crippen LogP contribution in [0.4, 0.5) is 24.5 Å². The number of halogens is 3. The molecule has 0 heterocycles. The summed E-state index contributed by atoms with van der Waals surface area (Å²) < 4.78 is 62.1. The summed E-state index contributed by atoms with van der Waals surface area (Å²) in [4.78, 5) is 12.2. The lowest BCUT2D eigenvalue weighted by Crippen LogP contribution is -2.28. The van der Waals surface area contributed by atoms with Gasteiger partial charge in [-0.15, -0.1) is 0 Å². The molecule has 108 valence electrons. The van der Waals surface area contributed by atoms with Gasteiger partial charge in [-0.2, -0.15) is 21.6 Å². The van der Waals surface area contributed by atoms with Crippen LogP contribution in [0.15, 0.2) is 12.1 Å². The van der Waals surface area contributed by atoms with Gasteiger partial charge in [-0.25, -0.2) is 0 Å². The zero-order chi connectivity index (χ0) is 15.7. The molecule has 1 aromatic carbocycles. The average Bonchev–Trinajstić information content (AvgIpc) is 2.29. The Morgan fingerprint density at radius 1 is 1.40 bits per heavy atom. The molecule has 0 aliphatic rings. The number of nitrogens with zero attached hydrogens (tertiary/aromatic N) is 3. The Morgan fingerprint density at radius 2 is 1.95 bits per heavy atom. The van der Waals surface area contributed by atoms with Gasteiger partial charge in [-0.1, -0.05) is 0 Å². The van der Waals surface area contributed by atoms with Crippen LogP contribution >= 0.6 is 0 Å². The maximum Gasteiger partial charge on any atom is 0.534 e. The van der Waals surface area contributed by atoms with E-state index in [0.717, 1.165) is 13.0 Å². The van der Waals surface area contributed by atoms with Gasteiger partial charge in [0.2, 0.25) is 11.1 Å². The normalized spacial score (nSPS) is 11.8. The fourth-order valence-electron chi connectivity index (χ4n) is 1.20. The smallest absolute Gasteiger partial charge is 0.368 e. The predicted molar refractivity (Wildman–Crippen MR) is 58.2 cm³/mol. The molecular formula is C8H5F3N3O5S+. The molecule has 1 rings (SSSR count). The molecule has 1 aromatic rings. The quantitative estimate of drug-likeness (QED) is 0.278. The van der Waals surface area contributed by atoms with Crippen LogP contribution in [-0.2, 0) is 10.1 Å². The van der Waals surface area contributed by atoms with Crippen LogP contribution in [0.1, 0.15) is 5.56 Å². The van der Waals surface area contributed by atoms with E-state index in [2.05, 4.69) is 9.16 Å². The Bertz CT molecular complexity index is 707. The van der Waals surface area contributed by atoms with Crippen molar-refractivity contribution in [3.05, 3.63) is 32.8 Å². The molecular weight excluding hydrogens is 307 g/mol. The average molecular weight is 312 g/mol. The van der Waals surface area contributed by atoms with Gasteiger partial charge in [0, 0.05) is 11.6 Å². The van der Waals surface area contributed by atoms with Gasteiger partial charge in [0.1, 0.15) is 6.07 Å². The van der Waals surface area contributed by atoms with Crippen LogP contribution in [0.3, 0.4) is 0 Å². The minimum absolute atomic E-state index is 0.320. The number of nitro benzene ring substituents is 1. The fourth-order valence-corrected chi connectivity index (χ4v) is 1.73. The summed E-state index contributed by atoms with van der Waals surface area (Å²) in [7, 11) is -6.05. The van der Waals surface area contributed by atoms with Gasteiger partial charge < -0.3 is 4.18 Å². The molecule has 0 saturated carbocycles. The summed E-state index contributed by atoms with van der Waals surface area (Å²) in [6.45, 7) is 1.06. The maximum absolute atomic E-state index is 12.2. The highest BCUT2D eigenvalue weighted by Crippen LogP contribution is 2.38. The Labute approximate surface area is 109 Å². The van der Waals surface area contributed by atoms with E-state index < -0.39 is 32.0 Å². The Balaban J connectivity index is 3.48. The molecule has 0 amide bonds. The van der Waals surface area contributed by atoms with Crippen molar-refractivity contribution in [1.29, 1.82) is 5.39 Å². The van der Waals surface area contributed by atoms with Crippen LogP contribution in [0.2, 0.25) is 0 Å². The van der Waals surface area contributed by atoms with E-state index in [1.54, 1.807) is 0 Å². The third kappa shape index (κ3) is 2.94. The summed E-state index contributed by atoms with van der Waals surface area (Å²) in [5.74, 6) is -1.10. The maximum atomic E-state index is 12.2. The molecule has 0 aromatic heterocycles. The fraction of sp³-hybridized carbons (Fsp3) is 0.250.